The van der Waals surface area contributed by atoms with Crippen LogP contribution in [-0.2, 0) is 0 Å². The minimum absolute atomic E-state index is 0.0742. The maximum Gasteiger partial charge on any atom is 0.326 e. The van der Waals surface area contributed by atoms with Gasteiger partial charge in [-0.2, -0.15) is 0 Å². The first-order valence-corrected chi connectivity index (χ1v) is 14.4. The number of aromatic amines is 1. The number of imidazole rings is 1. The van der Waals surface area contributed by atoms with Crippen LogP contribution in [0.4, 0.5) is 8.78 Å². The number of aromatic nitrogens is 2. The lowest BCUT2D eigenvalue weighted by atomic mass is 9.87. The van der Waals surface area contributed by atoms with Gasteiger partial charge < -0.3 is 15.0 Å². The second-order valence-corrected chi connectivity index (χ2v) is 11.3. The van der Waals surface area contributed by atoms with Gasteiger partial charge in [0.2, 0.25) is 0 Å². The highest BCUT2D eigenvalue weighted by Crippen LogP contribution is 2.32. The van der Waals surface area contributed by atoms with E-state index in [4.69, 9.17) is 23.2 Å². The van der Waals surface area contributed by atoms with Crippen molar-refractivity contribution in [3.63, 3.8) is 0 Å². The van der Waals surface area contributed by atoms with E-state index >= 15 is 0 Å². The van der Waals surface area contributed by atoms with Crippen LogP contribution in [0.1, 0.15) is 62.6 Å². The van der Waals surface area contributed by atoms with Gasteiger partial charge in [0.1, 0.15) is 11.6 Å². The second kappa shape index (κ2) is 13.8. The summed E-state index contributed by atoms with van der Waals surface area (Å²) in [5, 5.41) is 10.4. The van der Waals surface area contributed by atoms with Crippen LogP contribution >= 0.6 is 23.2 Å². The lowest BCUT2D eigenvalue weighted by molar-refractivity contribution is -0.407. The fourth-order valence-electron chi connectivity index (χ4n) is 5.32. The lowest BCUT2D eigenvalue weighted by Gasteiger charge is -2.33. The molecule has 40 heavy (non-hydrogen) atoms. The molecule has 9 heteroatoms. The van der Waals surface area contributed by atoms with E-state index in [1.165, 1.54) is 24.3 Å². The van der Waals surface area contributed by atoms with Crippen LogP contribution in [0.15, 0.2) is 65.5 Å². The zero-order chi connectivity index (χ0) is 28.8. The first kappa shape index (κ1) is 30.3. The summed E-state index contributed by atoms with van der Waals surface area (Å²) in [6, 6.07) is 16.7. The van der Waals surface area contributed by atoms with E-state index in [0.29, 0.717) is 15.6 Å². The first-order chi connectivity index (χ1) is 19.1. The summed E-state index contributed by atoms with van der Waals surface area (Å²) in [4.78, 5) is 18.0. The van der Waals surface area contributed by atoms with Gasteiger partial charge in [-0.25, -0.2) is 13.6 Å². The summed E-state index contributed by atoms with van der Waals surface area (Å²) in [5.74, 6) is -0.455. The lowest BCUT2D eigenvalue weighted by Crippen LogP contribution is -2.37. The van der Waals surface area contributed by atoms with E-state index in [2.05, 4.69) is 9.88 Å². The number of hydrogen-bond donors (Lipinski definition) is 1. The number of rotatable bonds is 7. The topological polar surface area (TPSA) is 64.1 Å². The standard InChI is InChI=1S/C28H27Cl2F2N3O.C3H7O/c29-24-16-26-27(17-25(24)30)35(28(36)33-26)22-11-14-34(15-12-22)13-1-2-23(18-3-7-20(31)8-4-18)19-5-9-21(32)10-6-19;1-3(2)4/h3-10,16-17,22-23H,1-2,11-15H2,(H,33,36);3H,1-2H3/q;-1. The highest BCUT2D eigenvalue weighted by molar-refractivity contribution is 6.42. The predicted octanol–water partition coefficient (Wildman–Crippen LogP) is 6.92. The molecular formula is C31H34Cl2F2N3O2-. The highest BCUT2D eigenvalue weighted by atomic mass is 35.5. The molecule has 4 aromatic rings. The summed E-state index contributed by atoms with van der Waals surface area (Å²) in [7, 11) is 0. The number of nitrogens with zero attached hydrogens (tertiary/aromatic N) is 2. The number of piperidine rings is 1. The number of benzene rings is 3. The molecule has 0 spiro atoms. The molecule has 214 valence electrons. The van der Waals surface area contributed by atoms with Crippen molar-refractivity contribution in [1.82, 2.24) is 14.5 Å². The van der Waals surface area contributed by atoms with Gasteiger partial charge in [-0.1, -0.05) is 61.3 Å². The van der Waals surface area contributed by atoms with Crippen LogP contribution in [0.3, 0.4) is 0 Å². The van der Waals surface area contributed by atoms with Gasteiger partial charge in [-0.15, -0.1) is 6.10 Å². The average Bonchev–Trinajstić information content (AvgIpc) is 3.22. The molecule has 0 unspecified atom stereocenters. The molecule has 0 saturated carbocycles. The Labute approximate surface area is 243 Å². The SMILES string of the molecule is CC(C)[O-].O=c1[nH]c2cc(Cl)c(Cl)cc2n1C1CCN(CCCC(c2ccc(F)cc2)c2ccc(F)cc2)CC1. The molecule has 0 amide bonds. The summed E-state index contributed by atoms with van der Waals surface area (Å²) in [5.41, 5.74) is 3.40. The number of nitrogens with one attached hydrogen (secondary N) is 1. The normalized spacial score (nSPS) is 14.6. The summed E-state index contributed by atoms with van der Waals surface area (Å²) in [6.07, 6.45) is 3.14. The number of hydrogen-bond acceptors (Lipinski definition) is 3. The largest absolute Gasteiger partial charge is 0.852 e. The number of fused-ring (bicyclic) bond motifs is 1. The number of likely N-dealkylation sites (tertiary alicyclic amines) is 1. The van der Waals surface area contributed by atoms with Crippen LogP contribution in [0.2, 0.25) is 10.0 Å². The van der Waals surface area contributed by atoms with Gasteiger partial charge in [-0.05, 0) is 79.8 Å². The summed E-state index contributed by atoms with van der Waals surface area (Å²) >= 11 is 12.3. The monoisotopic (exact) mass is 588 g/mol. The van der Waals surface area contributed by atoms with Gasteiger partial charge in [-0.3, -0.25) is 4.57 Å². The molecule has 2 heterocycles. The molecule has 0 atom stereocenters. The maximum absolute atomic E-state index is 13.5. The van der Waals surface area contributed by atoms with Crippen LogP contribution in [0.25, 0.3) is 11.0 Å². The zero-order valence-electron chi connectivity index (χ0n) is 22.7. The Morgan fingerprint density at radius 2 is 1.43 bits per heavy atom. The Morgan fingerprint density at radius 1 is 0.925 bits per heavy atom. The minimum Gasteiger partial charge on any atom is -0.852 e. The molecule has 0 bridgehead atoms. The quantitative estimate of drug-likeness (QED) is 0.255. The van der Waals surface area contributed by atoms with E-state index in [0.717, 1.165) is 62.0 Å². The van der Waals surface area contributed by atoms with Crippen molar-refractivity contribution in [2.45, 2.75) is 57.6 Å². The molecule has 1 aromatic heterocycles. The molecule has 0 radical (unpaired) electrons. The van der Waals surface area contributed by atoms with Crippen molar-refractivity contribution < 1.29 is 13.9 Å². The third-order valence-electron chi connectivity index (χ3n) is 7.19. The van der Waals surface area contributed by atoms with Crippen LogP contribution in [0, 0.1) is 11.6 Å². The van der Waals surface area contributed by atoms with Crippen LogP contribution in [-0.4, -0.2) is 40.2 Å². The van der Waals surface area contributed by atoms with E-state index in [-0.39, 0.29) is 29.3 Å². The van der Waals surface area contributed by atoms with Gasteiger partial charge in [0.05, 0.1) is 21.1 Å². The molecule has 1 aliphatic heterocycles. The van der Waals surface area contributed by atoms with Gasteiger partial charge in [0, 0.05) is 25.0 Å². The molecule has 1 aliphatic rings. The van der Waals surface area contributed by atoms with Crippen molar-refractivity contribution in [2.75, 3.05) is 19.6 Å². The van der Waals surface area contributed by atoms with E-state index < -0.39 is 6.10 Å². The van der Waals surface area contributed by atoms with E-state index in [9.17, 15) is 18.7 Å². The molecule has 1 saturated heterocycles. The molecule has 0 aliphatic carbocycles. The Morgan fingerprint density at radius 3 is 1.95 bits per heavy atom. The van der Waals surface area contributed by atoms with Crippen molar-refractivity contribution in [2.24, 2.45) is 0 Å². The zero-order valence-corrected chi connectivity index (χ0v) is 24.2. The highest BCUT2D eigenvalue weighted by Gasteiger charge is 2.24. The van der Waals surface area contributed by atoms with E-state index in [1.807, 2.05) is 28.8 Å². The molecule has 1 fully saturated rings. The number of H-pyrrole nitrogens is 1. The van der Waals surface area contributed by atoms with Gasteiger partial charge in [0.15, 0.2) is 0 Å². The summed E-state index contributed by atoms with van der Waals surface area (Å²) in [6.45, 7) is 5.93. The Kier molecular flexibility index (Phi) is 10.4. The summed E-state index contributed by atoms with van der Waals surface area (Å²) < 4.78 is 28.8. The van der Waals surface area contributed by atoms with Gasteiger partial charge in [0.25, 0.3) is 0 Å². The third-order valence-corrected chi connectivity index (χ3v) is 7.91. The molecule has 5 rings (SSSR count). The number of halogens is 4. The molecule has 1 N–H and O–H groups in total. The third kappa shape index (κ3) is 7.72. The van der Waals surface area contributed by atoms with Crippen LogP contribution in [0.5, 0.6) is 0 Å². The van der Waals surface area contributed by atoms with Crippen molar-refractivity contribution >= 4 is 34.2 Å². The smallest absolute Gasteiger partial charge is 0.326 e. The fraction of sp³-hybridized carbons (Fsp3) is 0.387. The van der Waals surface area contributed by atoms with Crippen molar-refractivity contribution in [3.8, 4) is 0 Å². The van der Waals surface area contributed by atoms with Gasteiger partial charge >= 0.3 is 5.69 Å². The fourth-order valence-corrected chi connectivity index (χ4v) is 5.64. The average molecular weight is 590 g/mol. The Hall–Kier alpha value is -2.71. The molecule has 3 aromatic carbocycles. The van der Waals surface area contributed by atoms with Crippen molar-refractivity contribution in [1.29, 1.82) is 0 Å². The minimum atomic E-state index is -0.417. The predicted molar refractivity (Wildman–Crippen MR) is 156 cm³/mol. The van der Waals surface area contributed by atoms with Crippen LogP contribution < -0.4 is 10.8 Å². The second-order valence-electron chi connectivity index (χ2n) is 10.5. The van der Waals surface area contributed by atoms with E-state index in [1.54, 1.807) is 26.0 Å². The molecule has 5 nitrogen and oxygen atoms in total. The molecular weight excluding hydrogens is 555 g/mol. The maximum atomic E-state index is 13.5. The Balaban J connectivity index is 0.000000867. The van der Waals surface area contributed by atoms with Crippen molar-refractivity contribution in [3.05, 3.63) is 104 Å². The first-order valence-electron chi connectivity index (χ1n) is 13.6. The Bertz CT molecular complexity index is 1400.